The lowest BCUT2D eigenvalue weighted by Crippen LogP contribution is -2.30. The van der Waals surface area contributed by atoms with E-state index in [1.54, 1.807) is 19.1 Å². The van der Waals surface area contributed by atoms with Gasteiger partial charge in [0.05, 0.1) is 7.11 Å². The van der Waals surface area contributed by atoms with Crippen molar-refractivity contribution in [3.05, 3.63) is 72.3 Å². The van der Waals surface area contributed by atoms with Crippen LogP contribution in [0, 0.1) is 0 Å². The summed E-state index contributed by atoms with van der Waals surface area (Å²) in [6, 6.07) is 20.8. The van der Waals surface area contributed by atoms with Gasteiger partial charge in [-0.05, 0) is 36.1 Å². The molecule has 2 amide bonds. The average Bonchev–Trinajstić information content (AvgIpc) is 2.73. The van der Waals surface area contributed by atoms with E-state index < -0.39 is 12.2 Å². The topological polar surface area (TPSA) is 76.7 Å². The zero-order chi connectivity index (χ0) is 19.9. The highest BCUT2D eigenvalue weighted by Crippen LogP contribution is 2.26. The van der Waals surface area contributed by atoms with Gasteiger partial charge in [0.15, 0.2) is 6.10 Å². The quantitative estimate of drug-likeness (QED) is 0.677. The maximum atomic E-state index is 12.5. The molecule has 0 saturated carbocycles. The molecule has 28 heavy (non-hydrogen) atoms. The van der Waals surface area contributed by atoms with E-state index in [-0.39, 0.29) is 5.91 Å². The first-order valence-corrected chi connectivity index (χ1v) is 8.93. The minimum Gasteiger partial charge on any atom is -0.480 e. The van der Waals surface area contributed by atoms with E-state index in [9.17, 15) is 9.59 Å². The number of benzene rings is 3. The molecule has 0 aromatic heterocycles. The number of methoxy groups -OCH3 is 1. The molecule has 0 radical (unpaired) electrons. The van der Waals surface area contributed by atoms with Crippen LogP contribution in [0.15, 0.2) is 66.7 Å². The lowest BCUT2D eigenvalue weighted by molar-refractivity contribution is -0.122. The summed E-state index contributed by atoms with van der Waals surface area (Å²) in [5.74, 6) is 0.429. The van der Waals surface area contributed by atoms with Gasteiger partial charge in [-0.2, -0.15) is 0 Å². The summed E-state index contributed by atoms with van der Waals surface area (Å²) in [5, 5.41) is 7.46. The maximum Gasteiger partial charge on any atom is 0.407 e. The smallest absolute Gasteiger partial charge is 0.407 e. The zero-order valence-corrected chi connectivity index (χ0v) is 15.8. The highest BCUT2D eigenvalue weighted by atomic mass is 16.5. The average molecular weight is 378 g/mol. The van der Waals surface area contributed by atoms with Crippen molar-refractivity contribution in [2.45, 2.75) is 19.6 Å². The van der Waals surface area contributed by atoms with Gasteiger partial charge in [-0.3, -0.25) is 4.79 Å². The Balaban J connectivity index is 1.60. The molecule has 0 heterocycles. The minimum atomic E-state index is -0.661. The van der Waals surface area contributed by atoms with E-state index in [0.29, 0.717) is 18.0 Å². The zero-order valence-electron chi connectivity index (χ0n) is 15.8. The number of carbonyl (C=O) groups is 2. The number of alkyl carbamates (subject to hydrolysis) is 1. The summed E-state index contributed by atoms with van der Waals surface area (Å²) >= 11 is 0. The van der Waals surface area contributed by atoms with Crippen molar-refractivity contribution in [1.82, 2.24) is 5.32 Å². The van der Waals surface area contributed by atoms with Gasteiger partial charge in [-0.1, -0.05) is 48.5 Å². The number of nitrogens with one attached hydrogen (secondary N) is 2. The fourth-order valence-corrected chi connectivity index (χ4v) is 2.74. The highest BCUT2D eigenvalue weighted by Gasteiger charge is 2.16. The Labute approximate surface area is 163 Å². The molecular formula is C22H22N2O4. The number of ether oxygens (including phenoxy) is 2. The molecule has 1 atom stereocenters. The third-order valence-electron chi connectivity index (χ3n) is 4.27. The van der Waals surface area contributed by atoms with Crippen LogP contribution in [0.2, 0.25) is 0 Å². The van der Waals surface area contributed by atoms with Crippen LogP contribution in [0.1, 0.15) is 12.5 Å². The second kappa shape index (κ2) is 8.90. The van der Waals surface area contributed by atoms with E-state index >= 15 is 0 Å². The third-order valence-corrected chi connectivity index (χ3v) is 4.27. The summed E-state index contributed by atoms with van der Waals surface area (Å²) in [5.41, 5.74) is 1.55. The van der Waals surface area contributed by atoms with Crippen LogP contribution in [-0.4, -0.2) is 25.2 Å². The Morgan fingerprint density at radius 3 is 2.43 bits per heavy atom. The number of anilines is 1. The van der Waals surface area contributed by atoms with Gasteiger partial charge >= 0.3 is 6.09 Å². The first-order valence-electron chi connectivity index (χ1n) is 8.93. The van der Waals surface area contributed by atoms with Gasteiger partial charge in [-0.15, -0.1) is 0 Å². The van der Waals surface area contributed by atoms with E-state index in [1.165, 1.54) is 7.11 Å². The van der Waals surface area contributed by atoms with Crippen LogP contribution >= 0.6 is 0 Å². The molecular weight excluding hydrogens is 356 g/mol. The molecule has 0 bridgehead atoms. The van der Waals surface area contributed by atoms with Gasteiger partial charge < -0.3 is 20.1 Å². The van der Waals surface area contributed by atoms with Gasteiger partial charge in [0.1, 0.15) is 5.75 Å². The number of carbonyl (C=O) groups excluding carboxylic acids is 2. The third kappa shape index (κ3) is 4.79. The Morgan fingerprint density at radius 1 is 0.964 bits per heavy atom. The first kappa shape index (κ1) is 19.2. The van der Waals surface area contributed by atoms with E-state index in [2.05, 4.69) is 15.4 Å². The predicted molar refractivity (Wildman–Crippen MR) is 108 cm³/mol. The van der Waals surface area contributed by atoms with Crippen molar-refractivity contribution in [3.63, 3.8) is 0 Å². The Hall–Kier alpha value is -3.54. The number of hydrogen-bond donors (Lipinski definition) is 2. The lowest BCUT2D eigenvalue weighted by atomic mass is 10.1. The van der Waals surface area contributed by atoms with Crippen molar-refractivity contribution >= 4 is 28.5 Å². The normalized spacial score (nSPS) is 11.5. The predicted octanol–water partition coefficient (Wildman–Crippen LogP) is 4.10. The SMILES string of the molecule is COC(=O)NCc1ccc(NC(=O)[C@@H](C)Oc2cccc3ccccc23)cc1. The molecule has 3 aromatic carbocycles. The second-order valence-electron chi connectivity index (χ2n) is 6.27. The number of amides is 2. The largest absolute Gasteiger partial charge is 0.480 e. The minimum absolute atomic E-state index is 0.242. The van der Waals surface area contributed by atoms with Crippen LogP contribution in [0.25, 0.3) is 10.8 Å². The molecule has 0 aliphatic carbocycles. The fourth-order valence-electron chi connectivity index (χ4n) is 2.74. The number of hydrogen-bond acceptors (Lipinski definition) is 4. The monoisotopic (exact) mass is 378 g/mol. The Kier molecular flexibility index (Phi) is 6.11. The summed E-state index contributed by atoms with van der Waals surface area (Å²) in [6.07, 6.45) is -1.15. The van der Waals surface area contributed by atoms with Crippen molar-refractivity contribution in [2.24, 2.45) is 0 Å². The van der Waals surface area contributed by atoms with Gasteiger partial charge in [0.2, 0.25) is 0 Å². The summed E-state index contributed by atoms with van der Waals surface area (Å²) in [6.45, 7) is 2.06. The molecule has 3 aromatic rings. The van der Waals surface area contributed by atoms with Gasteiger partial charge in [0, 0.05) is 17.6 Å². The fraction of sp³-hybridized carbons (Fsp3) is 0.182. The summed E-state index contributed by atoms with van der Waals surface area (Å²) in [7, 11) is 1.31. The first-order chi connectivity index (χ1) is 13.6. The molecule has 2 N–H and O–H groups in total. The molecule has 3 rings (SSSR count). The van der Waals surface area contributed by atoms with Crippen LogP contribution in [0.5, 0.6) is 5.75 Å². The van der Waals surface area contributed by atoms with Crippen molar-refractivity contribution in [3.8, 4) is 5.75 Å². The molecule has 0 aliphatic heterocycles. The van der Waals surface area contributed by atoms with Crippen molar-refractivity contribution in [2.75, 3.05) is 12.4 Å². The van der Waals surface area contributed by atoms with Crippen LogP contribution in [-0.2, 0) is 16.1 Å². The molecule has 0 unspecified atom stereocenters. The van der Waals surface area contributed by atoms with Crippen LogP contribution in [0.4, 0.5) is 10.5 Å². The van der Waals surface area contributed by atoms with Crippen molar-refractivity contribution < 1.29 is 19.1 Å². The lowest BCUT2D eigenvalue weighted by Gasteiger charge is -2.16. The standard InChI is InChI=1S/C22H22N2O4/c1-15(28-20-9-5-7-17-6-3-4-8-19(17)20)21(25)24-18-12-10-16(11-13-18)14-23-22(26)27-2/h3-13,15H,14H2,1-2H3,(H,23,26)(H,24,25)/t15-/m1/s1. The van der Waals surface area contributed by atoms with Crippen LogP contribution in [0.3, 0.4) is 0 Å². The van der Waals surface area contributed by atoms with E-state index in [1.807, 2.05) is 54.6 Å². The molecule has 6 nitrogen and oxygen atoms in total. The Bertz CT molecular complexity index is 964. The molecule has 0 spiro atoms. The van der Waals surface area contributed by atoms with Gasteiger partial charge in [0.25, 0.3) is 5.91 Å². The number of rotatable bonds is 6. The molecule has 144 valence electrons. The Morgan fingerprint density at radius 2 is 1.68 bits per heavy atom. The molecule has 0 fully saturated rings. The highest BCUT2D eigenvalue weighted by molar-refractivity contribution is 5.95. The van der Waals surface area contributed by atoms with E-state index in [4.69, 9.17) is 4.74 Å². The maximum absolute atomic E-state index is 12.5. The molecule has 0 aliphatic rings. The van der Waals surface area contributed by atoms with Crippen LogP contribution < -0.4 is 15.4 Å². The summed E-state index contributed by atoms with van der Waals surface area (Å²) < 4.78 is 10.4. The van der Waals surface area contributed by atoms with E-state index in [0.717, 1.165) is 16.3 Å². The second-order valence-corrected chi connectivity index (χ2v) is 6.27. The molecule has 6 heteroatoms. The molecule has 0 saturated heterocycles. The number of fused-ring (bicyclic) bond motifs is 1. The van der Waals surface area contributed by atoms with Gasteiger partial charge in [-0.25, -0.2) is 4.79 Å². The van der Waals surface area contributed by atoms with Crippen molar-refractivity contribution in [1.29, 1.82) is 0 Å². The summed E-state index contributed by atoms with van der Waals surface area (Å²) in [4.78, 5) is 23.6.